The van der Waals surface area contributed by atoms with Crippen molar-refractivity contribution in [1.82, 2.24) is 10.2 Å². The standard InChI is InChI=1S/C21H24N2O3/c1-22-21(25)16-9-7-15(8-10-16)14-23(18-11-12-18)20(24)13-17-5-3-4-6-19(17)26-2/h3-10,18H,11-14H2,1-2H3,(H,22,25). The molecule has 0 saturated heterocycles. The lowest BCUT2D eigenvalue weighted by molar-refractivity contribution is -0.131. The van der Waals surface area contributed by atoms with Crippen molar-refractivity contribution in [2.45, 2.75) is 31.8 Å². The van der Waals surface area contributed by atoms with Crippen molar-refractivity contribution < 1.29 is 14.3 Å². The molecular formula is C21H24N2O3. The Morgan fingerprint density at radius 2 is 1.81 bits per heavy atom. The monoisotopic (exact) mass is 352 g/mol. The van der Waals surface area contributed by atoms with E-state index in [0.717, 1.165) is 29.7 Å². The predicted octanol–water partition coefficient (Wildman–Crippen LogP) is 2.79. The van der Waals surface area contributed by atoms with Crippen LogP contribution in [0.3, 0.4) is 0 Å². The molecule has 1 N–H and O–H groups in total. The zero-order valence-electron chi connectivity index (χ0n) is 15.2. The zero-order chi connectivity index (χ0) is 18.5. The van der Waals surface area contributed by atoms with Gasteiger partial charge >= 0.3 is 0 Å². The third kappa shape index (κ3) is 4.23. The van der Waals surface area contributed by atoms with Crippen LogP contribution in [0.25, 0.3) is 0 Å². The third-order valence-corrected chi connectivity index (χ3v) is 4.64. The summed E-state index contributed by atoms with van der Waals surface area (Å²) in [5.74, 6) is 0.738. The Hall–Kier alpha value is -2.82. The second-order valence-corrected chi connectivity index (χ2v) is 6.52. The van der Waals surface area contributed by atoms with E-state index >= 15 is 0 Å². The smallest absolute Gasteiger partial charge is 0.251 e. The van der Waals surface area contributed by atoms with Gasteiger partial charge in [-0.05, 0) is 36.6 Å². The van der Waals surface area contributed by atoms with Gasteiger partial charge in [-0.3, -0.25) is 9.59 Å². The average molecular weight is 352 g/mol. The van der Waals surface area contributed by atoms with Gasteiger partial charge in [0.25, 0.3) is 5.91 Å². The van der Waals surface area contributed by atoms with Gasteiger partial charge in [-0.2, -0.15) is 0 Å². The Balaban J connectivity index is 1.71. The number of methoxy groups -OCH3 is 1. The number of amides is 2. The molecule has 2 aromatic carbocycles. The number of nitrogens with one attached hydrogen (secondary N) is 1. The largest absolute Gasteiger partial charge is 0.496 e. The fourth-order valence-corrected chi connectivity index (χ4v) is 3.02. The van der Waals surface area contributed by atoms with E-state index in [1.807, 2.05) is 41.3 Å². The molecule has 0 aliphatic heterocycles. The fourth-order valence-electron chi connectivity index (χ4n) is 3.02. The van der Waals surface area contributed by atoms with Crippen LogP contribution in [0.15, 0.2) is 48.5 Å². The lowest BCUT2D eigenvalue weighted by Crippen LogP contribution is -2.33. The molecule has 1 saturated carbocycles. The molecule has 3 rings (SSSR count). The van der Waals surface area contributed by atoms with Crippen LogP contribution >= 0.6 is 0 Å². The van der Waals surface area contributed by atoms with Crippen molar-refractivity contribution in [3.05, 3.63) is 65.2 Å². The van der Waals surface area contributed by atoms with Gasteiger partial charge in [0.05, 0.1) is 13.5 Å². The summed E-state index contributed by atoms with van der Waals surface area (Å²) >= 11 is 0. The van der Waals surface area contributed by atoms with E-state index in [-0.39, 0.29) is 11.8 Å². The fraction of sp³-hybridized carbons (Fsp3) is 0.333. The lowest BCUT2D eigenvalue weighted by atomic mass is 10.1. The molecule has 5 nitrogen and oxygen atoms in total. The maximum Gasteiger partial charge on any atom is 0.251 e. The van der Waals surface area contributed by atoms with Gasteiger partial charge in [-0.1, -0.05) is 30.3 Å². The number of carbonyl (C=O) groups is 2. The van der Waals surface area contributed by atoms with Gasteiger partial charge < -0.3 is 15.0 Å². The van der Waals surface area contributed by atoms with Gasteiger partial charge in [0.1, 0.15) is 5.75 Å². The van der Waals surface area contributed by atoms with Gasteiger partial charge in [0, 0.05) is 30.8 Å². The highest BCUT2D eigenvalue weighted by molar-refractivity contribution is 5.93. The molecule has 0 bridgehead atoms. The Kier molecular flexibility index (Phi) is 5.56. The highest BCUT2D eigenvalue weighted by Crippen LogP contribution is 2.30. The number of hydrogen-bond donors (Lipinski definition) is 1. The van der Waals surface area contributed by atoms with Crippen LogP contribution in [0.2, 0.25) is 0 Å². The molecule has 0 aromatic heterocycles. The Morgan fingerprint density at radius 3 is 2.42 bits per heavy atom. The van der Waals surface area contributed by atoms with Crippen molar-refractivity contribution in [2.75, 3.05) is 14.2 Å². The van der Waals surface area contributed by atoms with E-state index < -0.39 is 0 Å². The molecule has 0 heterocycles. The topological polar surface area (TPSA) is 58.6 Å². The van der Waals surface area contributed by atoms with Crippen LogP contribution in [0, 0.1) is 0 Å². The van der Waals surface area contributed by atoms with E-state index in [4.69, 9.17) is 4.74 Å². The van der Waals surface area contributed by atoms with E-state index in [1.165, 1.54) is 0 Å². The highest BCUT2D eigenvalue weighted by Gasteiger charge is 2.32. The molecule has 2 aromatic rings. The molecule has 1 fully saturated rings. The first-order valence-corrected chi connectivity index (χ1v) is 8.84. The number of benzene rings is 2. The number of nitrogens with zero attached hydrogens (tertiary/aromatic N) is 1. The molecule has 2 amide bonds. The van der Waals surface area contributed by atoms with Gasteiger partial charge in [0.2, 0.25) is 5.91 Å². The molecule has 0 radical (unpaired) electrons. The second-order valence-electron chi connectivity index (χ2n) is 6.52. The molecule has 0 spiro atoms. The van der Waals surface area contributed by atoms with Gasteiger partial charge in [0.15, 0.2) is 0 Å². The summed E-state index contributed by atoms with van der Waals surface area (Å²) in [6.45, 7) is 0.562. The van der Waals surface area contributed by atoms with Crippen molar-refractivity contribution in [3.8, 4) is 5.75 Å². The summed E-state index contributed by atoms with van der Waals surface area (Å²) in [7, 11) is 3.23. The maximum atomic E-state index is 12.9. The summed E-state index contributed by atoms with van der Waals surface area (Å²) < 4.78 is 5.36. The number of para-hydroxylation sites is 1. The summed E-state index contributed by atoms with van der Waals surface area (Å²) in [5, 5.41) is 2.61. The highest BCUT2D eigenvalue weighted by atomic mass is 16.5. The lowest BCUT2D eigenvalue weighted by Gasteiger charge is -2.23. The molecular weight excluding hydrogens is 328 g/mol. The van der Waals surface area contributed by atoms with Crippen LogP contribution in [0.1, 0.15) is 34.3 Å². The Bertz CT molecular complexity index is 782. The predicted molar refractivity (Wildman–Crippen MR) is 100 cm³/mol. The maximum absolute atomic E-state index is 12.9. The molecule has 1 aliphatic rings. The normalized spacial score (nSPS) is 13.2. The first kappa shape index (κ1) is 18.0. The second kappa shape index (κ2) is 8.04. The minimum atomic E-state index is -0.108. The first-order chi connectivity index (χ1) is 12.6. The molecule has 5 heteroatoms. The minimum absolute atomic E-state index is 0.104. The van der Waals surface area contributed by atoms with Crippen LogP contribution < -0.4 is 10.1 Å². The minimum Gasteiger partial charge on any atom is -0.496 e. The quantitative estimate of drug-likeness (QED) is 0.834. The van der Waals surface area contributed by atoms with Crippen molar-refractivity contribution in [1.29, 1.82) is 0 Å². The van der Waals surface area contributed by atoms with Gasteiger partial charge in [-0.15, -0.1) is 0 Å². The number of carbonyl (C=O) groups excluding carboxylic acids is 2. The summed E-state index contributed by atoms with van der Waals surface area (Å²) in [4.78, 5) is 26.5. The van der Waals surface area contributed by atoms with E-state index in [0.29, 0.717) is 24.6 Å². The first-order valence-electron chi connectivity index (χ1n) is 8.84. The van der Waals surface area contributed by atoms with E-state index in [2.05, 4.69) is 5.32 Å². The average Bonchev–Trinajstić information content (AvgIpc) is 3.51. The molecule has 0 atom stereocenters. The Morgan fingerprint density at radius 1 is 1.12 bits per heavy atom. The van der Waals surface area contributed by atoms with Crippen molar-refractivity contribution in [3.63, 3.8) is 0 Å². The van der Waals surface area contributed by atoms with Crippen LogP contribution in [-0.4, -0.2) is 36.9 Å². The Labute approximate surface area is 154 Å². The summed E-state index contributed by atoms with van der Waals surface area (Å²) in [6, 6.07) is 15.4. The molecule has 1 aliphatic carbocycles. The SMILES string of the molecule is CNC(=O)c1ccc(CN(C(=O)Cc2ccccc2OC)C2CC2)cc1. The summed E-state index contributed by atoms with van der Waals surface area (Å²) in [6.07, 6.45) is 2.43. The third-order valence-electron chi connectivity index (χ3n) is 4.64. The molecule has 26 heavy (non-hydrogen) atoms. The van der Waals surface area contributed by atoms with Gasteiger partial charge in [-0.25, -0.2) is 0 Å². The molecule has 136 valence electrons. The number of hydrogen-bond acceptors (Lipinski definition) is 3. The van der Waals surface area contributed by atoms with Crippen LogP contribution in [0.4, 0.5) is 0 Å². The van der Waals surface area contributed by atoms with E-state index in [9.17, 15) is 9.59 Å². The summed E-state index contributed by atoms with van der Waals surface area (Å²) in [5.41, 5.74) is 2.55. The van der Waals surface area contributed by atoms with Crippen molar-refractivity contribution >= 4 is 11.8 Å². The van der Waals surface area contributed by atoms with Crippen LogP contribution in [0.5, 0.6) is 5.75 Å². The van der Waals surface area contributed by atoms with E-state index in [1.54, 1.807) is 26.3 Å². The number of rotatable bonds is 7. The van der Waals surface area contributed by atoms with Crippen molar-refractivity contribution in [2.24, 2.45) is 0 Å². The number of ether oxygens (including phenoxy) is 1. The zero-order valence-corrected chi connectivity index (χ0v) is 15.2. The molecule has 0 unspecified atom stereocenters. The van der Waals surface area contributed by atoms with Crippen LogP contribution in [-0.2, 0) is 17.8 Å².